The van der Waals surface area contributed by atoms with Gasteiger partial charge in [-0.2, -0.15) is 0 Å². The van der Waals surface area contributed by atoms with Gasteiger partial charge in [-0.15, -0.1) is 0 Å². The van der Waals surface area contributed by atoms with Crippen molar-refractivity contribution in [3.8, 4) is 0 Å². The molecule has 1 aliphatic carbocycles. The van der Waals surface area contributed by atoms with Gasteiger partial charge in [0.25, 0.3) is 5.91 Å². The van der Waals surface area contributed by atoms with Gasteiger partial charge in [0.15, 0.2) is 0 Å². The average Bonchev–Trinajstić information content (AvgIpc) is 3.15. The molecule has 4 rings (SSSR count). The molecule has 0 spiro atoms. The molecule has 158 valence electrons. The van der Waals surface area contributed by atoms with Crippen LogP contribution in [0.2, 0.25) is 0 Å². The largest absolute Gasteiger partial charge is 0.393 e. The van der Waals surface area contributed by atoms with E-state index >= 15 is 0 Å². The van der Waals surface area contributed by atoms with Crippen molar-refractivity contribution >= 4 is 28.3 Å². The fraction of sp³-hybridized carbons (Fsp3) is 0.391. The molecule has 1 aromatic carbocycles. The predicted molar refractivity (Wildman–Crippen MR) is 116 cm³/mol. The highest BCUT2D eigenvalue weighted by Gasteiger charge is 2.23. The molecule has 3 aromatic rings. The van der Waals surface area contributed by atoms with E-state index in [0.29, 0.717) is 11.3 Å². The quantitative estimate of drug-likeness (QED) is 0.477. The third kappa shape index (κ3) is 4.46. The predicted octanol–water partition coefficient (Wildman–Crippen LogP) is 4.62. The standard InChI is InChI=1S/C23H27FN4O2/c1-2-3-17-12-19-21(26-15-8-10-18(29)11-9-15)20(13-25-22(19)27-17)23(30)28-16-6-4-14(24)5-7-16/h4-7,12-13,15,18,29H,2-3,8-11H2,1H3,(H,28,30)(H2,25,26,27)/t15-,18-. The number of pyridine rings is 1. The summed E-state index contributed by atoms with van der Waals surface area (Å²) in [6, 6.07) is 7.93. The number of rotatable bonds is 6. The van der Waals surface area contributed by atoms with Crippen LogP contribution in [0.1, 0.15) is 55.1 Å². The molecule has 2 aromatic heterocycles. The van der Waals surface area contributed by atoms with Crippen LogP contribution in [0.25, 0.3) is 11.0 Å². The van der Waals surface area contributed by atoms with E-state index in [-0.39, 0.29) is 23.9 Å². The molecule has 4 N–H and O–H groups in total. The van der Waals surface area contributed by atoms with Crippen molar-refractivity contribution in [1.82, 2.24) is 9.97 Å². The van der Waals surface area contributed by atoms with Crippen LogP contribution in [0.5, 0.6) is 0 Å². The van der Waals surface area contributed by atoms with Gasteiger partial charge in [-0.3, -0.25) is 4.79 Å². The van der Waals surface area contributed by atoms with Crippen LogP contribution in [0, 0.1) is 5.82 Å². The molecule has 1 aliphatic rings. The number of nitrogens with one attached hydrogen (secondary N) is 3. The number of aliphatic hydroxyl groups excluding tert-OH is 1. The summed E-state index contributed by atoms with van der Waals surface area (Å²) in [6.45, 7) is 2.12. The number of aromatic nitrogens is 2. The number of aliphatic hydroxyl groups is 1. The Labute approximate surface area is 174 Å². The number of nitrogens with zero attached hydrogens (tertiary/aromatic N) is 1. The summed E-state index contributed by atoms with van der Waals surface area (Å²) in [5.74, 6) is -0.652. The SMILES string of the molecule is CCCc1cc2c(N[C@H]3CC[C@H](O)CC3)c(C(=O)Nc3ccc(F)cc3)cnc2[nH]1. The lowest BCUT2D eigenvalue weighted by atomic mass is 9.92. The van der Waals surface area contributed by atoms with Crippen LogP contribution >= 0.6 is 0 Å². The Hall–Kier alpha value is -2.93. The molecular formula is C23H27FN4O2. The van der Waals surface area contributed by atoms with Gasteiger partial charge in [0.05, 0.1) is 17.4 Å². The van der Waals surface area contributed by atoms with E-state index in [9.17, 15) is 14.3 Å². The molecule has 1 fully saturated rings. The van der Waals surface area contributed by atoms with Gasteiger partial charge in [0, 0.05) is 29.0 Å². The van der Waals surface area contributed by atoms with Crippen molar-refractivity contribution in [3.63, 3.8) is 0 Å². The van der Waals surface area contributed by atoms with Crippen LogP contribution in [-0.2, 0) is 6.42 Å². The van der Waals surface area contributed by atoms with E-state index in [1.807, 2.05) is 0 Å². The van der Waals surface area contributed by atoms with Gasteiger partial charge >= 0.3 is 0 Å². The third-order valence-corrected chi connectivity index (χ3v) is 5.63. The number of halogens is 1. The van der Waals surface area contributed by atoms with Gasteiger partial charge in [-0.05, 0) is 62.4 Å². The van der Waals surface area contributed by atoms with Crippen molar-refractivity contribution in [3.05, 3.63) is 53.6 Å². The Morgan fingerprint density at radius 2 is 1.97 bits per heavy atom. The molecule has 1 saturated carbocycles. The topological polar surface area (TPSA) is 90.0 Å². The van der Waals surface area contributed by atoms with Crippen LogP contribution in [-0.4, -0.2) is 33.1 Å². The zero-order valence-corrected chi connectivity index (χ0v) is 17.0. The molecule has 0 unspecified atom stereocenters. The maximum Gasteiger partial charge on any atom is 0.259 e. The molecule has 0 aliphatic heterocycles. The molecule has 0 bridgehead atoms. The molecular weight excluding hydrogens is 383 g/mol. The zero-order chi connectivity index (χ0) is 21.1. The number of H-pyrrole nitrogens is 1. The number of aryl methyl sites for hydroxylation is 1. The number of amides is 1. The third-order valence-electron chi connectivity index (χ3n) is 5.63. The highest BCUT2D eigenvalue weighted by Crippen LogP contribution is 2.31. The van der Waals surface area contributed by atoms with Crippen molar-refractivity contribution in [2.75, 3.05) is 10.6 Å². The van der Waals surface area contributed by atoms with E-state index in [0.717, 1.165) is 60.9 Å². The van der Waals surface area contributed by atoms with Crippen molar-refractivity contribution < 1.29 is 14.3 Å². The summed E-state index contributed by atoms with van der Waals surface area (Å²) in [5.41, 5.74) is 3.54. The monoisotopic (exact) mass is 410 g/mol. The molecule has 30 heavy (non-hydrogen) atoms. The molecule has 0 atom stereocenters. The molecule has 0 saturated heterocycles. The van der Waals surface area contributed by atoms with Gasteiger partial charge in [-0.25, -0.2) is 9.37 Å². The Kier molecular flexibility index (Phi) is 5.99. The van der Waals surface area contributed by atoms with Gasteiger partial charge in [-0.1, -0.05) is 13.3 Å². The Bertz CT molecular complexity index is 1020. The number of hydrogen-bond donors (Lipinski definition) is 4. The Morgan fingerprint density at radius 1 is 1.23 bits per heavy atom. The van der Waals surface area contributed by atoms with E-state index in [4.69, 9.17) is 0 Å². The van der Waals surface area contributed by atoms with Crippen LogP contribution in [0.15, 0.2) is 36.5 Å². The van der Waals surface area contributed by atoms with E-state index in [1.165, 1.54) is 24.3 Å². The molecule has 0 radical (unpaired) electrons. The van der Waals surface area contributed by atoms with Crippen molar-refractivity contribution in [1.29, 1.82) is 0 Å². The first kappa shape index (κ1) is 20.3. The number of anilines is 2. The van der Waals surface area contributed by atoms with Crippen LogP contribution in [0.3, 0.4) is 0 Å². The first-order valence-electron chi connectivity index (χ1n) is 10.6. The van der Waals surface area contributed by atoms with E-state index < -0.39 is 0 Å². The summed E-state index contributed by atoms with van der Waals surface area (Å²) in [4.78, 5) is 20.9. The number of benzene rings is 1. The number of carbonyl (C=O) groups excluding carboxylic acids is 1. The minimum absolute atomic E-state index is 0.181. The highest BCUT2D eigenvalue weighted by atomic mass is 19.1. The molecule has 6 nitrogen and oxygen atoms in total. The van der Waals surface area contributed by atoms with Gasteiger partial charge in [0.2, 0.25) is 0 Å². The van der Waals surface area contributed by atoms with E-state index in [2.05, 4.69) is 33.6 Å². The van der Waals surface area contributed by atoms with Crippen molar-refractivity contribution in [2.45, 2.75) is 57.6 Å². The highest BCUT2D eigenvalue weighted by molar-refractivity contribution is 6.12. The molecule has 7 heteroatoms. The number of carbonyl (C=O) groups is 1. The van der Waals surface area contributed by atoms with Gasteiger partial charge < -0.3 is 20.7 Å². The zero-order valence-electron chi connectivity index (χ0n) is 17.0. The lowest BCUT2D eigenvalue weighted by Gasteiger charge is -2.28. The number of hydrogen-bond acceptors (Lipinski definition) is 4. The summed E-state index contributed by atoms with van der Waals surface area (Å²) >= 11 is 0. The maximum atomic E-state index is 13.2. The summed E-state index contributed by atoms with van der Waals surface area (Å²) in [6.07, 6.45) is 6.43. The Balaban J connectivity index is 1.67. The summed E-state index contributed by atoms with van der Waals surface area (Å²) in [7, 11) is 0. The van der Waals surface area contributed by atoms with Crippen molar-refractivity contribution in [2.24, 2.45) is 0 Å². The second-order valence-corrected chi connectivity index (χ2v) is 7.96. The first-order valence-corrected chi connectivity index (χ1v) is 10.6. The first-order chi connectivity index (χ1) is 14.5. The minimum Gasteiger partial charge on any atom is -0.393 e. The van der Waals surface area contributed by atoms with Gasteiger partial charge in [0.1, 0.15) is 11.5 Å². The van der Waals surface area contributed by atoms with Crippen LogP contribution in [0.4, 0.5) is 15.8 Å². The second-order valence-electron chi connectivity index (χ2n) is 7.96. The smallest absolute Gasteiger partial charge is 0.259 e. The lowest BCUT2D eigenvalue weighted by Crippen LogP contribution is -2.29. The van der Waals surface area contributed by atoms with Crippen LogP contribution < -0.4 is 10.6 Å². The number of fused-ring (bicyclic) bond motifs is 1. The molecule has 2 heterocycles. The van der Waals surface area contributed by atoms with E-state index in [1.54, 1.807) is 6.20 Å². The average molecular weight is 410 g/mol. The lowest BCUT2D eigenvalue weighted by molar-refractivity contribution is 0.102. The fourth-order valence-corrected chi connectivity index (χ4v) is 4.02. The Morgan fingerprint density at radius 3 is 2.67 bits per heavy atom. The number of aromatic amines is 1. The summed E-state index contributed by atoms with van der Waals surface area (Å²) < 4.78 is 13.2. The molecule has 1 amide bonds. The summed E-state index contributed by atoms with van der Waals surface area (Å²) in [5, 5.41) is 17.1. The maximum absolute atomic E-state index is 13.2. The second kappa shape index (κ2) is 8.83. The normalized spacial score (nSPS) is 19.0. The fourth-order valence-electron chi connectivity index (χ4n) is 4.02. The minimum atomic E-state index is -0.353.